The Balaban J connectivity index is 2.22. The molecule has 1 aromatic carbocycles. The number of phenols is 2. The number of anilines is 1. The number of hydrogen-bond acceptors (Lipinski definition) is 4. The monoisotopic (exact) mass is 247 g/mol. The van der Waals surface area contributed by atoms with Crippen molar-refractivity contribution < 1.29 is 15.0 Å². The number of aromatic hydroxyl groups is 2. The molecule has 0 aliphatic rings. The molecule has 0 aliphatic heterocycles. The molecule has 0 spiro atoms. The summed E-state index contributed by atoms with van der Waals surface area (Å²) < 4.78 is 1.60. The Kier molecular flexibility index (Phi) is 2.93. The highest BCUT2D eigenvalue weighted by molar-refractivity contribution is 6.04. The molecule has 0 radical (unpaired) electrons. The first-order valence-corrected chi connectivity index (χ1v) is 5.31. The lowest BCUT2D eigenvalue weighted by Crippen LogP contribution is -2.11. The van der Waals surface area contributed by atoms with Gasteiger partial charge in [-0.25, -0.2) is 0 Å². The summed E-state index contributed by atoms with van der Waals surface area (Å²) in [5.41, 5.74) is 1.57. The fraction of sp³-hybridized carbons (Fsp3) is 0.167. The van der Waals surface area contributed by atoms with Crippen LogP contribution in [-0.2, 0) is 7.05 Å². The molecule has 0 atom stereocenters. The van der Waals surface area contributed by atoms with E-state index in [1.54, 1.807) is 24.9 Å². The number of carbonyl (C=O) groups excluding carboxylic acids is 1. The summed E-state index contributed by atoms with van der Waals surface area (Å²) >= 11 is 0. The lowest BCUT2D eigenvalue weighted by Gasteiger charge is -2.04. The van der Waals surface area contributed by atoms with Gasteiger partial charge in [-0.3, -0.25) is 9.48 Å². The van der Waals surface area contributed by atoms with E-state index < -0.39 is 0 Å². The maximum absolute atomic E-state index is 11.9. The van der Waals surface area contributed by atoms with Gasteiger partial charge < -0.3 is 15.5 Å². The molecule has 1 heterocycles. The molecule has 6 heteroatoms. The van der Waals surface area contributed by atoms with E-state index in [0.29, 0.717) is 11.4 Å². The minimum atomic E-state index is -0.374. The van der Waals surface area contributed by atoms with Gasteiger partial charge in [-0.05, 0) is 25.1 Å². The summed E-state index contributed by atoms with van der Waals surface area (Å²) in [6, 6.07) is 3.90. The number of amides is 1. The summed E-state index contributed by atoms with van der Waals surface area (Å²) in [6.07, 6.45) is 1.69. The normalized spacial score (nSPS) is 10.3. The first kappa shape index (κ1) is 12.0. The fourth-order valence-corrected chi connectivity index (χ4v) is 1.58. The number of nitrogens with zero attached hydrogens (tertiary/aromatic N) is 2. The Bertz CT molecular complexity index is 605. The van der Waals surface area contributed by atoms with Crippen molar-refractivity contribution in [3.05, 3.63) is 35.7 Å². The Morgan fingerprint density at radius 1 is 1.33 bits per heavy atom. The molecule has 6 nitrogen and oxygen atoms in total. The Labute approximate surface area is 103 Å². The molecule has 0 saturated heterocycles. The van der Waals surface area contributed by atoms with Crippen molar-refractivity contribution in [1.82, 2.24) is 9.78 Å². The molecule has 94 valence electrons. The average molecular weight is 247 g/mol. The van der Waals surface area contributed by atoms with Gasteiger partial charge in [0.2, 0.25) is 0 Å². The highest BCUT2D eigenvalue weighted by Gasteiger charge is 2.11. The SMILES string of the molecule is Cc1nn(C)cc1NC(=O)c1ccc(O)c(O)c1. The van der Waals surface area contributed by atoms with E-state index in [4.69, 9.17) is 5.11 Å². The first-order chi connectivity index (χ1) is 8.47. The van der Waals surface area contributed by atoms with Gasteiger partial charge in [0.1, 0.15) is 0 Å². The standard InChI is InChI=1S/C12H13N3O3/c1-7-9(6-15(2)14-7)13-12(18)8-3-4-10(16)11(17)5-8/h3-6,16-17H,1-2H3,(H,13,18). The molecule has 0 fully saturated rings. The minimum Gasteiger partial charge on any atom is -0.504 e. The third kappa shape index (κ3) is 2.27. The smallest absolute Gasteiger partial charge is 0.255 e. The fourth-order valence-electron chi connectivity index (χ4n) is 1.58. The number of benzene rings is 1. The van der Waals surface area contributed by atoms with Crippen molar-refractivity contribution in [2.45, 2.75) is 6.92 Å². The third-order valence-electron chi connectivity index (χ3n) is 2.50. The van der Waals surface area contributed by atoms with Crippen LogP contribution in [0.3, 0.4) is 0 Å². The van der Waals surface area contributed by atoms with Crippen LogP contribution in [0.2, 0.25) is 0 Å². The lowest BCUT2D eigenvalue weighted by atomic mass is 10.2. The van der Waals surface area contributed by atoms with E-state index >= 15 is 0 Å². The molecule has 0 unspecified atom stereocenters. The second kappa shape index (κ2) is 4.40. The summed E-state index contributed by atoms with van der Waals surface area (Å²) in [4.78, 5) is 11.9. The number of hydrogen-bond donors (Lipinski definition) is 3. The maximum Gasteiger partial charge on any atom is 0.255 e. The predicted molar refractivity (Wildman–Crippen MR) is 65.7 cm³/mol. The van der Waals surface area contributed by atoms with Crippen LogP contribution in [0.4, 0.5) is 5.69 Å². The lowest BCUT2D eigenvalue weighted by molar-refractivity contribution is 0.102. The van der Waals surface area contributed by atoms with Crippen LogP contribution in [0.5, 0.6) is 11.5 Å². The van der Waals surface area contributed by atoms with E-state index in [9.17, 15) is 9.90 Å². The van der Waals surface area contributed by atoms with Crippen molar-refractivity contribution in [3.63, 3.8) is 0 Å². The molecule has 1 aromatic heterocycles. The van der Waals surface area contributed by atoms with E-state index in [2.05, 4.69) is 10.4 Å². The van der Waals surface area contributed by atoms with Crippen molar-refractivity contribution in [2.75, 3.05) is 5.32 Å². The average Bonchev–Trinajstić information content (AvgIpc) is 2.61. The van der Waals surface area contributed by atoms with Crippen molar-refractivity contribution in [1.29, 1.82) is 0 Å². The predicted octanol–water partition coefficient (Wildman–Crippen LogP) is 1.39. The summed E-state index contributed by atoms with van der Waals surface area (Å²) in [5, 5.41) is 25.3. The largest absolute Gasteiger partial charge is 0.504 e. The van der Waals surface area contributed by atoms with Gasteiger partial charge in [0, 0.05) is 18.8 Å². The van der Waals surface area contributed by atoms with Gasteiger partial charge in [0.15, 0.2) is 11.5 Å². The molecule has 2 aromatic rings. The molecule has 1 amide bonds. The number of nitrogens with one attached hydrogen (secondary N) is 1. The molecular formula is C12H13N3O3. The molecule has 2 rings (SSSR count). The van der Waals surface area contributed by atoms with E-state index in [1.165, 1.54) is 18.2 Å². The Morgan fingerprint density at radius 3 is 2.61 bits per heavy atom. The van der Waals surface area contributed by atoms with Crippen LogP contribution in [-0.4, -0.2) is 25.9 Å². The van der Waals surface area contributed by atoms with Gasteiger partial charge in [-0.15, -0.1) is 0 Å². The second-order valence-electron chi connectivity index (χ2n) is 3.96. The number of carbonyl (C=O) groups is 1. The third-order valence-corrected chi connectivity index (χ3v) is 2.50. The topological polar surface area (TPSA) is 87.4 Å². The maximum atomic E-state index is 11.9. The van der Waals surface area contributed by atoms with Crippen molar-refractivity contribution in [3.8, 4) is 11.5 Å². The zero-order valence-corrected chi connectivity index (χ0v) is 10.0. The quantitative estimate of drug-likeness (QED) is 0.700. The van der Waals surface area contributed by atoms with Gasteiger partial charge in [-0.2, -0.15) is 5.10 Å². The zero-order valence-electron chi connectivity index (χ0n) is 10.0. The van der Waals surface area contributed by atoms with Crippen LogP contribution < -0.4 is 5.32 Å². The number of phenolic OH excluding ortho intramolecular Hbond substituents is 2. The summed E-state index contributed by atoms with van der Waals surface area (Å²) in [5.74, 6) is -0.962. The number of aryl methyl sites for hydroxylation is 2. The van der Waals surface area contributed by atoms with E-state index in [0.717, 1.165) is 0 Å². The Hall–Kier alpha value is -2.50. The van der Waals surface area contributed by atoms with Crippen LogP contribution in [0, 0.1) is 6.92 Å². The number of aromatic nitrogens is 2. The van der Waals surface area contributed by atoms with Gasteiger partial charge in [0.25, 0.3) is 5.91 Å². The van der Waals surface area contributed by atoms with Crippen LogP contribution >= 0.6 is 0 Å². The first-order valence-electron chi connectivity index (χ1n) is 5.31. The Morgan fingerprint density at radius 2 is 2.06 bits per heavy atom. The minimum absolute atomic E-state index is 0.258. The highest BCUT2D eigenvalue weighted by atomic mass is 16.3. The molecule has 0 aliphatic carbocycles. The van der Waals surface area contributed by atoms with Crippen LogP contribution in [0.25, 0.3) is 0 Å². The summed E-state index contributed by atoms with van der Waals surface area (Å²) in [7, 11) is 1.76. The van der Waals surface area contributed by atoms with E-state index in [1.807, 2.05) is 0 Å². The zero-order chi connectivity index (χ0) is 13.3. The van der Waals surface area contributed by atoms with Crippen molar-refractivity contribution >= 4 is 11.6 Å². The molecule has 18 heavy (non-hydrogen) atoms. The van der Waals surface area contributed by atoms with Gasteiger partial charge in [0.05, 0.1) is 11.4 Å². The molecule has 0 saturated carbocycles. The number of rotatable bonds is 2. The van der Waals surface area contributed by atoms with Crippen molar-refractivity contribution in [2.24, 2.45) is 7.05 Å². The highest BCUT2D eigenvalue weighted by Crippen LogP contribution is 2.25. The van der Waals surface area contributed by atoms with E-state index in [-0.39, 0.29) is 23.0 Å². The molecular weight excluding hydrogens is 234 g/mol. The van der Waals surface area contributed by atoms with Crippen LogP contribution in [0.1, 0.15) is 16.1 Å². The molecule has 0 bridgehead atoms. The summed E-state index contributed by atoms with van der Waals surface area (Å²) in [6.45, 7) is 1.78. The second-order valence-corrected chi connectivity index (χ2v) is 3.96. The molecule has 3 N–H and O–H groups in total. The van der Waals surface area contributed by atoms with Gasteiger partial charge >= 0.3 is 0 Å². The van der Waals surface area contributed by atoms with Gasteiger partial charge in [-0.1, -0.05) is 0 Å². The van der Waals surface area contributed by atoms with Crippen LogP contribution in [0.15, 0.2) is 24.4 Å².